The molecule has 0 spiro atoms. The van der Waals surface area contributed by atoms with Crippen molar-refractivity contribution in [3.05, 3.63) is 42.1 Å². The Hall–Kier alpha value is -1.41. The van der Waals surface area contributed by atoms with E-state index in [4.69, 9.17) is 0 Å². The molecule has 4 rings (SSSR count). The molecule has 2 fully saturated rings. The maximum Gasteiger partial charge on any atom is 0.0704 e. The van der Waals surface area contributed by atoms with Gasteiger partial charge >= 0.3 is 0 Å². The zero-order valence-electron chi connectivity index (χ0n) is 10.5. The van der Waals surface area contributed by atoms with E-state index in [0.29, 0.717) is 0 Å². The van der Waals surface area contributed by atoms with Gasteiger partial charge in [-0.05, 0) is 49.3 Å². The lowest BCUT2D eigenvalue weighted by atomic mass is 9.85. The number of pyridine rings is 1. The quantitative estimate of drug-likeness (QED) is 0.825. The van der Waals surface area contributed by atoms with E-state index in [2.05, 4.69) is 40.6 Å². The van der Waals surface area contributed by atoms with E-state index in [1.54, 1.807) is 0 Å². The van der Waals surface area contributed by atoms with Crippen molar-refractivity contribution in [3.8, 4) is 0 Å². The fraction of sp³-hybridized carbons (Fsp3) is 0.438. The molecule has 2 unspecified atom stereocenters. The van der Waals surface area contributed by atoms with Gasteiger partial charge in [-0.25, -0.2) is 0 Å². The predicted molar refractivity (Wildman–Crippen MR) is 73.7 cm³/mol. The van der Waals surface area contributed by atoms with Crippen LogP contribution in [0, 0.1) is 0 Å². The van der Waals surface area contributed by atoms with Crippen LogP contribution in [0.3, 0.4) is 0 Å². The van der Waals surface area contributed by atoms with Crippen molar-refractivity contribution < 1.29 is 0 Å². The van der Waals surface area contributed by atoms with Gasteiger partial charge in [-0.15, -0.1) is 0 Å². The molecule has 1 aromatic heterocycles. The summed E-state index contributed by atoms with van der Waals surface area (Å²) >= 11 is 0. The van der Waals surface area contributed by atoms with E-state index in [1.807, 2.05) is 6.20 Å². The Bertz CT molecular complexity index is 561. The van der Waals surface area contributed by atoms with Crippen LogP contribution in [-0.4, -0.2) is 17.1 Å². The molecule has 2 heteroatoms. The molecule has 18 heavy (non-hydrogen) atoms. The van der Waals surface area contributed by atoms with Crippen LogP contribution in [-0.2, 0) is 0 Å². The van der Waals surface area contributed by atoms with Crippen LogP contribution >= 0.6 is 0 Å². The summed E-state index contributed by atoms with van der Waals surface area (Å²) in [5.41, 5.74) is 2.65. The van der Waals surface area contributed by atoms with Crippen LogP contribution in [0.15, 0.2) is 36.5 Å². The second-order valence-corrected chi connectivity index (χ2v) is 5.72. The number of hydrogen-bond acceptors (Lipinski definition) is 2. The van der Waals surface area contributed by atoms with Crippen molar-refractivity contribution in [1.82, 2.24) is 10.3 Å². The maximum atomic E-state index is 4.47. The summed E-state index contributed by atoms with van der Waals surface area (Å²) in [6.07, 6.45) is 7.30. The fourth-order valence-corrected chi connectivity index (χ4v) is 3.79. The van der Waals surface area contributed by atoms with E-state index in [0.717, 1.165) is 23.5 Å². The van der Waals surface area contributed by atoms with Crippen LogP contribution in [0.4, 0.5) is 0 Å². The highest BCUT2D eigenvalue weighted by Crippen LogP contribution is 2.39. The standard InChI is InChI=1S/C16H18N2/c1-2-4-16-15(3-1)14(7-8-17-16)11-9-12-5-6-13(10-11)18-12/h1-4,7-8,11-13,18H,5-6,9-10H2. The summed E-state index contributed by atoms with van der Waals surface area (Å²) < 4.78 is 0. The van der Waals surface area contributed by atoms with Gasteiger partial charge in [0, 0.05) is 23.7 Å². The Morgan fingerprint density at radius 2 is 1.78 bits per heavy atom. The fourth-order valence-electron chi connectivity index (χ4n) is 3.79. The summed E-state index contributed by atoms with van der Waals surface area (Å²) in [5.74, 6) is 0.719. The molecule has 92 valence electrons. The van der Waals surface area contributed by atoms with E-state index < -0.39 is 0 Å². The molecule has 1 aromatic carbocycles. The van der Waals surface area contributed by atoms with Gasteiger partial charge in [0.1, 0.15) is 0 Å². The zero-order valence-corrected chi connectivity index (χ0v) is 10.5. The first-order valence-corrected chi connectivity index (χ1v) is 7.00. The number of hydrogen-bond donors (Lipinski definition) is 1. The molecule has 0 aliphatic carbocycles. The number of piperidine rings is 1. The number of para-hydroxylation sites is 1. The molecule has 2 bridgehead atoms. The number of fused-ring (bicyclic) bond motifs is 3. The Labute approximate surface area is 107 Å². The summed E-state index contributed by atoms with van der Waals surface area (Å²) in [4.78, 5) is 4.47. The van der Waals surface area contributed by atoms with Crippen molar-refractivity contribution >= 4 is 10.9 Å². The number of benzene rings is 1. The molecule has 1 N–H and O–H groups in total. The molecular formula is C16H18N2. The minimum absolute atomic E-state index is 0.719. The van der Waals surface area contributed by atoms with Crippen molar-refractivity contribution in [2.45, 2.75) is 43.7 Å². The van der Waals surface area contributed by atoms with Crippen LogP contribution < -0.4 is 5.32 Å². The molecule has 0 saturated carbocycles. The third-order valence-electron chi connectivity index (χ3n) is 4.60. The smallest absolute Gasteiger partial charge is 0.0704 e. The summed E-state index contributed by atoms with van der Waals surface area (Å²) in [6.45, 7) is 0. The second kappa shape index (κ2) is 4.06. The SMILES string of the molecule is c1ccc2c(C3CC4CCC(C3)N4)ccnc2c1. The third kappa shape index (κ3) is 1.64. The van der Waals surface area contributed by atoms with Gasteiger partial charge in [-0.2, -0.15) is 0 Å². The van der Waals surface area contributed by atoms with Gasteiger partial charge in [0.25, 0.3) is 0 Å². The first-order chi connectivity index (χ1) is 8.90. The average Bonchev–Trinajstić information content (AvgIpc) is 2.77. The Balaban J connectivity index is 1.78. The molecule has 2 nitrogen and oxygen atoms in total. The minimum atomic E-state index is 0.719. The minimum Gasteiger partial charge on any atom is -0.311 e. The monoisotopic (exact) mass is 238 g/mol. The summed E-state index contributed by atoms with van der Waals surface area (Å²) in [6, 6.07) is 12.3. The average molecular weight is 238 g/mol. The molecule has 2 aliphatic heterocycles. The van der Waals surface area contributed by atoms with Crippen molar-refractivity contribution in [2.24, 2.45) is 0 Å². The molecule has 2 aliphatic rings. The molecule has 0 amide bonds. The van der Waals surface area contributed by atoms with E-state index in [9.17, 15) is 0 Å². The lowest BCUT2D eigenvalue weighted by Crippen LogP contribution is -2.37. The predicted octanol–water partition coefficient (Wildman–Crippen LogP) is 3.23. The molecular weight excluding hydrogens is 220 g/mol. The first-order valence-electron chi connectivity index (χ1n) is 7.00. The maximum absolute atomic E-state index is 4.47. The Kier molecular flexibility index (Phi) is 2.37. The van der Waals surface area contributed by atoms with Crippen LogP contribution in [0.25, 0.3) is 10.9 Å². The highest BCUT2D eigenvalue weighted by atomic mass is 15.0. The highest BCUT2D eigenvalue weighted by Gasteiger charge is 2.34. The number of nitrogens with zero attached hydrogens (tertiary/aromatic N) is 1. The van der Waals surface area contributed by atoms with Gasteiger partial charge in [0.05, 0.1) is 5.52 Å². The van der Waals surface area contributed by atoms with Gasteiger partial charge in [0.15, 0.2) is 0 Å². The van der Waals surface area contributed by atoms with Gasteiger partial charge < -0.3 is 5.32 Å². The number of nitrogens with one attached hydrogen (secondary N) is 1. The van der Waals surface area contributed by atoms with Gasteiger partial charge in [-0.3, -0.25) is 4.98 Å². The van der Waals surface area contributed by atoms with Crippen molar-refractivity contribution in [1.29, 1.82) is 0 Å². The largest absolute Gasteiger partial charge is 0.311 e. The molecule has 0 radical (unpaired) electrons. The van der Waals surface area contributed by atoms with Crippen molar-refractivity contribution in [2.75, 3.05) is 0 Å². The number of rotatable bonds is 1. The lowest BCUT2D eigenvalue weighted by molar-refractivity contribution is 0.364. The van der Waals surface area contributed by atoms with Gasteiger partial charge in [-0.1, -0.05) is 18.2 Å². The highest BCUT2D eigenvalue weighted by molar-refractivity contribution is 5.82. The van der Waals surface area contributed by atoms with Crippen LogP contribution in [0.5, 0.6) is 0 Å². The lowest BCUT2D eigenvalue weighted by Gasteiger charge is -2.30. The van der Waals surface area contributed by atoms with E-state index in [1.165, 1.54) is 36.6 Å². The van der Waals surface area contributed by atoms with Crippen LogP contribution in [0.1, 0.15) is 37.2 Å². The summed E-state index contributed by atoms with van der Waals surface area (Å²) in [5, 5.41) is 5.08. The summed E-state index contributed by atoms with van der Waals surface area (Å²) in [7, 11) is 0. The second-order valence-electron chi connectivity index (χ2n) is 5.72. The number of aromatic nitrogens is 1. The van der Waals surface area contributed by atoms with E-state index in [-0.39, 0.29) is 0 Å². The zero-order chi connectivity index (χ0) is 11.9. The Morgan fingerprint density at radius 1 is 1.00 bits per heavy atom. The Morgan fingerprint density at radius 3 is 2.61 bits per heavy atom. The molecule has 3 heterocycles. The normalized spacial score (nSPS) is 30.8. The van der Waals surface area contributed by atoms with Gasteiger partial charge in [0.2, 0.25) is 0 Å². The first kappa shape index (κ1) is 10.5. The van der Waals surface area contributed by atoms with E-state index >= 15 is 0 Å². The molecule has 2 saturated heterocycles. The molecule has 2 aromatic rings. The van der Waals surface area contributed by atoms with Crippen LogP contribution in [0.2, 0.25) is 0 Å². The third-order valence-corrected chi connectivity index (χ3v) is 4.60. The van der Waals surface area contributed by atoms with Crippen molar-refractivity contribution in [3.63, 3.8) is 0 Å². The molecule has 2 atom stereocenters. The topological polar surface area (TPSA) is 24.9 Å².